The number of amides is 1. The van der Waals surface area contributed by atoms with Crippen LogP contribution in [-0.4, -0.2) is 35.7 Å². The van der Waals surface area contributed by atoms with E-state index in [-0.39, 0.29) is 11.3 Å². The number of nitrogens with zero attached hydrogens (tertiary/aromatic N) is 1. The van der Waals surface area contributed by atoms with Crippen LogP contribution in [0.3, 0.4) is 0 Å². The Bertz CT molecular complexity index is 988. The number of benzene rings is 2. The fraction of sp³-hybridized carbons (Fsp3) is 0.118. The molecule has 0 aliphatic carbocycles. The quantitative estimate of drug-likeness (QED) is 0.426. The number of aromatic hydroxyl groups is 1. The van der Waals surface area contributed by atoms with E-state index in [0.717, 1.165) is 13.8 Å². The molecule has 0 aliphatic rings. The van der Waals surface area contributed by atoms with Gasteiger partial charge in [-0.25, -0.2) is 9.78 Å². The monoisotopic (exact) mass is 484 g/mol. The van der Waals surface area contributed by atoms with E-state index in [4.69, 9.17) is 9.47 Å². The number of ether oxygens (including phenoxy) is 2. The summed E-state index contributed by atoms with van der Waals surface area (Å²) >= 11 is 3.30. The lowest BCUT2D eigenvalue weighted by atomic mass is 10.2. The van der Waals surface area contributed by atoms with Crippen LogP contribution in [0.2, 0.25) is 0 Å². The Morgan fingerprint density at radius 1 is 1.27 bits per heavy atom. The topological polar surface area (TPSA) is 97.8 Å². The first-order chi connectivity index (χ1) is 12.5. The van der Waals surface area contributed by atoms with Crippen LogP contribution in [0.15, 0.2) is 36.4 Å². The maximum atomic E-state index is 12.0. The lowest BCUT2D eigenvalue weighted by Gasteiger charge is -2.06. The Balaban J connectivity index is 1.62. The van der Waals surface area contributed by atoms with Crippen LogP contribution >= 0.6 is 33.9 Å². The number of hydrogen-bond acceptors (Lipinski definition) is 7. The highest BCUT2D eigenvalue weighted by molar-refractivity contribution is 14.1. The summed E-state index contributed by atoms with van der Waals surface area (Å²) in [7, 11) is 1.57. The third kappa shape index (κ3) is 4.22. The first kappa shape index (κ1) is 18.4. The molecule has 3 aromatic rings. The van der Waals surface area contributed by atoms with Crippen LogP contribution in [0.25, 0.3) is 10.2 Å². The van der Waals surface area contributed by atoms with E-state index in [1.165, 1.54) is 23.5 Å². The highest BCUT2D eigenvalue weighted by Gasteiger charge is 2.16. The molecule has 134 valence electrons. The van der Waals surface area contributed by atoms with Gasteiger partial charge in [0.2, 0.25) is 0 Å². The molecule has 0 radical (unpaired) electrons. The van der Waals surface area contributed by atoms with Crippen molar-refractivity contribution in [3.05, 3.63) is 45.5 Å². The van der Waals surface area contributed by atoms with Crippen LogP contribution in [0.4, 0.5) is 5.13 Å². The summed E-state index contributed by atoms with van der Waals surface area (Å²) in [4.78, 5) is 28.3. The molecule has 2 N–H and O–H groups in total. The number of rotatable bonds is 5. The van der Waals surface area contributed by atoms with E-state index in [0.29, 0.717) is 10.9 Å². The number of carbonyl (C=O) groups excluding carboxylic acids is 2. The molecule has 0 spiro atoms. The van der Waals surface area contributed by atoms with Gasteiger partial charge in [-0.15, -0.1) is 0 Å². The first-order valence-electron chi connectivity index (χ1n) is 7.36. The van der Waals surface area contributed by atoms with Gasteiger partial charge in [0, 0.05) is 3.57 Å². The molecule has 0 unspecified atom stereocenters. The smallest absolute Gasteiger partial charge is 0.342 e. The van der Waals surface area contributed by atoms with Crippen molar-refractivity contribution in [1.29, 1.82) is 0 Å². The van der Waals surface area contributed by atoms with E-state index in [9.17, 15) is 14.7 Å². The van der Waals surface area contributed by atoms with E-state index in [1.54, 1.807) is 25.3 Å². The SMILES string of the molecule is COc1ccc2nc(NC(=O)COC(=O)c3cc(I)ccc3O)sc2c1. The number of anilines is 1. The van der Waals surface area contributed by atoms with Crippen LogP contribution in [-0.2, 0) is 9.53 Å². The van der Waals surface area contributed by atoms with Crippen LogP contribution in [0.5, 0.6) is 11.5 Å². The normalized spacial score (nSPS) is 10.5. The Morgan fingerprint density at radius 2 is 2.08 bits per heavy atom. The number of phenolic OH excluding ortho intramolecular Hbond substituents is 1. The molecule has 3 rings (SSSR count). The van der Waals surface area contributed by atoms with Gasteiger partial charge in [-0.05, 0) is 59.0 Å². The number of thiazole rings is 1. The fourth-order valence-electron chi connectivity index (χ4n) is 2.12. The van der Waals surface area contributed by atoms with Gasteiger partial charge in [0.25, 0.3) is 5.91 Å². The van der Waals surface area contributed by atoms with Crippen molar-refractivity contribution in [2.75, 3.05) is 19.0 Å². The second-order valence-corrected chi connectivity index (χ2v) is 7.41. The Hall–Kier alpha value is -2.40. The predicted octanol–water partition coefficient (Wildman–Crippen LogP) is 3.41. The molecule has 0 fully saturated rings. The van der Waals surface area contributed by atoms with Crippen molar-refractivity contribution in [2.45, 2.75) is 0 Å². The molecule has 0 saturated heterocycles. The molecule has 1 aromatic heterocycles. The molecule has 0 saturated carbocycles. The Morgan fingerprint density at radius 3 is 2.85 bits per heavy atom. The average Bonchev–Trinajstić information content (AvgIpc) is 3.02. The predicted molar refractivity (Wildman–Crippen MR) is 106 cm³/mol. The minimum absolute atomic E-state index is 0.0109. The number of nitrogens with one attached hydrogen (secondary N) is 1. The van der Waals surface area contributed by atoms with Crippen LogP contribution < -0.4 is 10.1 Å². The zero-order valence-electron chi connectivity index (χ0n) is 13.5. The zero-order valence-corrected chi connectivity index (χ0v) is 16.5. The van der Waals surface area contributed by atoms with Crippen molar-refractivity contribution in [1.82, 2.24) is 4.98 Å². The summed E-state index contributed by atoms with van der Waals surface area (Å²) in [6, 6.07) is 9.93. The summed E-state index contributed by atoms with van der Waals surface area (Å²) in [5.41, 5.74) is 0.739. The zero-order chi connectivity index (χ0) is 18.7. The largest absolute Gasteiger partial charge is 0.507 e. The second-order valence-electron chi connectivity index (χ2n) is 5.14. The van der Waals surface area contributed by atoms with Crippen molar-refractivity contribution in [3.63, 3.8) is 0 Å². The van der Waals surface area contributed by atoms with E-state index < -0.39 is 18.5 Å². The number of hydrogen-bond donors (Lipinski definition) is 2. The van der Waals surface area contributed by atoms with Gasteiger partial charge in [0.05, 0.1) is 17.3 Å². The van der Waals surface area contributed by atoms with Crippen molar-refractivity contribution < 1.29 is 24.2 Å². The molecule has 0 aliphatic heterocycles. The molecule has 9 heteroatoms. The van der Waals surface area contributed by atoms with E-state index in [1.807, 2.05) is 28.7 Å². The fourth-order valence-corrected chi connectivity index (χ4v) is 3.52. The molecular formula is C17H13IN2O5S. The lowest BCUT2D eigenvalue weighted by Crippen LogP contribution is -2.20. The summed E-state index contributed by atoms with van der Waals surface area (Å²) in [6.45, 7) is -0.483. The molecule has 0 bridgehead atoms. The molecule has 7 nitrogen and oxygen atoms in total. The van der Waals surface area contributed by atoms with Gasteiger partial charge in [0.1, 0.15) is 17.1 Å². The number of esters is 1. The highest BCUT2D eigenvalue weighted by Crippen LogP contribution is 2.29. The van der Waals surface area contributed by atoms with Crippen molar-refractivity contribution >= 4 is 61.2 Å². The number of carbonyl (C=O) groups is 2. The molecule has 1 heterocycles. The molecule has 2 aromatic carbocycles. The first-order valence-corrected chi connectivity index (χ1v) is 9.26. The van der Waals surface area contributed by atoms with Crippen molar-refractivity contribution in [3.8, 4) is 11.5 Å². The number of methoxy groups -OCH3 is 1. The number of halogens is 1. The standard InChI is InChI=1S/C17H13IN2O5S/c1-24-10-3-4-12-14(7-10)26-17(19-12)20-15(22)8-25-16(23)11-6-9(18)2-5-13(11)21/h2-7,21H,8H2,1H3,(H,19,20,22). The van der Waals surface area contributed by atoms with Gasteiger partial charge in [-0.1, -0.05) is 11.3 Å². The second kappa shape index (κ2) is 7.87. The van der Waals surface area contributed by atoms with E-state index in [2.05, 4.69) is 10.3 Å². The van der Waals surface area contributed by atoms with Gasteiger partial charge >= 0.3 is 5.97 Å². The van der Waals surface area contributed by atoms with Crippen LogP contribution in [0, 0.1) is 3.57 Å². The molecule has 26 heavy (non-hydrogen) atoms. The Kier molecular flexibility index (Phi) is 5.57. The molecule has 0 atom stereocenters. The maximum Gasteiger partial charge on any atom is 0.342 e. The summed E-state index contributed by atoms with van der Waals surface area (Å²) in [6.07, 6.45) is 0. The number of phenols is 1. The number of fused-ring (bicyclic) bond motifs is 1. The third-order valence-electron chi connectivity index (χ3n) is 3.35. The summed E-state index contributed by atoms with van der Waals surface area (Å²) in [5, 5.41) is 12.7. The summed E-state index contributed by atoms with van der Waals surface area (Å²) in [5.74, 6) is -0.791. The minimum Gasteiger partial charge on any atom is -0.507 e. The van der Waals surface area contributed by atoms with E-state index >= 15 is 0 Å². The van der Waals surface area contributed by atoms with Gasteiger partial charge in [0.15, 0.2) is 11.7 Å². The number of aromatic nitrogens is 1. The summed E-state index contributed by atoms with van der Waals surface area (Å²) < 4.78 is 11.7. The lowest BCUT2D eigenvalue weighted by molar-refractivity contribution is -0.119. The van der Waals surface area contributed by atoms with Gasteiger partial charge < -0.3 is 14.6 Å². The maximum absolute atomic E-state index is 12.0. The molecular weight excluding hydrogens is 471 g/mol. The Labute approximate surface area is 166 Å². The van der Waals surface area contributed by atoms with Crippen LogP contribution in [0.1, 0.15) is 10.4 Å². The molecule has 1 amide bonds. The van der Waals surface area contributed by atoms with Gasteiger partial charge in [-0.2, -0.15) is 0 Å². The minimum atomic E-state index is -0.773. The average molecular weight is 484 g/mol. The third-order valence-corrected chi connectivity index (χ3v) is 4.96. The van der Waals surface area contributed by atoms with Gasteiger partial charge in [-0.3, -0.25) is 10.1 Å². The van der Waals surface area contributed by atoms with Crippen molar-refractivity contribution in [2.24, 2.45) is 0 Å². The highest BCUT2D eigenvalue weighted by atomic mass is 127.